The predicted molar refractivity (Wildman–Crippen MR) is 233 cm³/mol. The second-order valence-electron chi connectivity index (χ2n) is 14.0. The number of furan rings is 1. The Hall–Kier alpha value is -7.21. The van der Waals surface area contributed by atoms with Gasteiger partial charge in [0.15, 0.2) is 17.5 Å². The molecule has 0 unspecified atom stereocenters. The molecule has 262 valence electrons. The van der Waals surface area contributed by atoms with Gasteiger partial charge >= 0.3 is 0 Å². The number of nitrogens with zero attached hydrogens (tertiary/aromatic N) is 3. The lowest BCUT2D eigenvalue weighted by Crippen LogP contribution is -2.00. The first-order chi connectivity index (χ1) is 27.7. The molecular formula is C51H31N3OS. The molecule has 0 radical (unpaired) electrons. The minimum absolute atomic E-state index is 0.589. The van der Waals surface area contributed by atoms with Gasteiger partial charge in [0, 0.05) is 47.6 Å². The minimum Gasteiger partial charge on any atom is -0.456 e. The van der Waals surface area contributed by atoms with Crippen molar-refractivity contribution in [2.24, 2.45) is 0 Å². The second kappa shape index (κ2) is 13.3. The van der Waals surface area contributed by atoms with Crippen LogP contribution in [0.25, 0.3) is 110 Å². The number of fused-ring (bicyclic) bond motifs is 6. The highest BCUT2D eigenvalue weighted by Gasteiger charge is 2.21. The second-order valence-corrected chi connectivity index (χ2v) is 15.1. The summed E-state index contributed by atoms with van der Waals surface area (Å²) in [6.07, 6.45) is 0. The van der Waals surface area contributed by atoms with Crippen LogP contribution in [0.4, 0.5) is 0 Å². The first kappa shape index (κ1) is 32.2. The van der Waals surface area contributed by atoms with Crippen LogP contribution >= 0.6 is 11.3 Å². The van der Waals surface area contributed by atoms with Gasteiger partial charge in [-0.3, -0.25) is 0 Å². The third kappa shape index (κ3) is 5.56. The van der Waals surface area contributed by atoms with Crippen LogP contribution in [0.15, 0.2) is 192 Å². The highest BCUT2D eigenvalue weighted by atomic mass is 32.1. The van der Waals surface area contributed by atoms with E-state index in [1.54, 1.807) is 0 Å². The zero-order valence-corrected chi connectivity index (χ0v) is 30.9. The number of benzene rings is 8. The lowest BCUT2D eigenvalue weighted by Gasteiger charge is -2.13. The molecule has 0 fully saturated rings. The van der Waals surface area contributed by atoms with Crippen molar-refractivity contribution < 1.29 is 4.42 Å². The average Bonchev–Trinajstić information content (AvgIpc) is 3.85. The minimum atomic E-state index is 0.589. The smallest absolute Gasteiger partial charge is 0.164 e. The first-order valence-electron chi connectivity index (χ1n) is 18.7. The van der Waals surface area contributed by atoms with E-state index >= 15 is 0 Å². The maximum absolute atomic E-state index is 6.64. The molecule has 0 amide bonds. The molecule has 0 aliphatic carbocycles. The van der Waals surface area contributed by atoms with Crippen molar-refractivity contribution in [1.29, 1.82) is 0 Å². The molecule has 4 nitrogen and oxygen atoms in total. The molecule has 0 saturated carbocycles. The Morgan fingerprint density at radius 3 is 1.57 bits per heavy atom. The van der Waals surface area contributed by atoms with Crippen LogP contribution in [0.5, 0.6) is 0 Å². The topological polar surface area (TPSA) is 51.8 Å². The van der Waals surface area contributed by atoms with Crippen LogP contribution in [0, 0.1) is 0 Å². The lowest BCUT2D eigenvalue weighted by atomic mass is 9.93. The van der Waals surface area contributed by atoms with E-state index < -0.39 is 0 Å². The van der Waals surface area contributed by atoms with E-state index in [2.05, 4.69) is 140 Å². The van der Waals surface area contributed by atoms with E-state index in [1.807, 2.05) is 59.9 Å². The summed E-state index contributed by atoms with van der Waals surface area (Å²) in [5, 5.41) is 4.54. The molecular weight excluding hydrogens is 703 g/mol. The van der Waals surface area contributed by atoms with Gasteiger partial charge in [0.25, 0.3) is 0 Å². The highest BCUT2D eigenvalue weighted by Crippen LogP contribution is 2.45. The van der Waals surface area contributed by atoms with Crippen molar-refractivity contribution in [2.75, 3.05) is 0 Å². The Kier molecular flexibility index (Phi) is 7.64. The maximum atomic E-state index is 6.64. The van der Waals surface area contributed by atoms with Crippen molar-refractivity contribution in [3.63, 3.8) is 0 Å². The number of para-hydroxylation sites is 1. The van der Waals surface area contributed by atoms with Gasteiger partial charge in [0.1, 0.15) is 11.2 Å². The Balaban J connectivity index is 1.16. The first-order valence-corrected chi connectivity index (χ1v) is 19.5. The zero-order chi connectivity index (χ0) is 37.0. The fourth-order valence-electron chi connectivity index (χ4n) is 7.85. The summed E-state index contributed by atoms with van der Waals surface area (Å²) in [5.74, 6) is 1.81. The van der Waals surface area contributed by atoms with Gasteiger partial charge in [-0.05, 0) is 69.8 Å². The largest absolute Gasteiger partial charge is 0.456 e. The SMILES string of the molecule is c1ccc(-c2ccc(-c3nc(-c4ccccc4)nc(-c4cc(-c5cc(-c6ccccc6)c6c(c5)sc5ccccc56)cc5oc6ccccc6c45)n3)cc2)cc1. The molecule has 11 rings (SSSR count). The third-order valence-electron chi connectivity index (χ3n) is 10.5. The number of thiophene rings is 1. The van der Waals surface area contributed by atoms with E-state index in [-0.39, 0.29) is 0 Å². The van der Waals surface area contributed by atoms with Gasteiger partial charge in [0.2, 0.25) is 0 Å². The molecule has 0 atom stereocenters. The van der Waals surface area contributed by atoms with E-state index in [0.717, 1.165) is 60.9 Å². The molecule has 0 spiro atoms. The third-order valence-corrected chi connectivity index (χ3v) is 11.7. The molecule has 56 heavy (non-hydrogen) atoms. The summed E-state index contributed by atoms with van der Waals surface area (Å²) in [5.41, 5.74) is 11.1. The molecule has 3 heterocycles. The van der Waals surface area contributed by atoms with E-state index in [4.69, 9.17) is 19.4 Å². The summed E-state index contributed by atoms with van der Waals surface area (Å²) in [7, 11) is 0. The quantitative estimate of drug-likeness (QED) is 0.171. The van der Waals surface area contributed by atoms with Crippen molar-refractivity contribution in [3.8, 4) is 67.5 Å². The van der Waals surface area contributed by atoms with Gasteiger partial charge in [-0.25, -0.2) is 15.0 Å². The fourth-order valence-corrected chi connectivity index (χ4v) is 9.02. The Bertz CT molecular complexity index is 3230. The Morgan fingerprint density at radius 2 is 0.839 bits per heavy atom. The van der Waals surface area contributed by atoms with Gasteiger partial charge in [-0.1, -0.05) is 152 Å². The number of rotatable bonds is 6. The summed E-state index contributed by atoms with van der Waals surface area (Å²) < 4.78 is 9.15. The van der Waals surface area contributed by atoms with Gasteiger partial charge in [0.05, 0.1) is 0 Å². The van der Waals surface area contributed by atoms with E-state index in [9.17, 15) is 0 Å². The van der Waals surface area contributed by atoms with Crippen LogP contribution in [-0.4, -0.2) is 15.0 Å². The highest BCUT2D eigenvalue weighted by molar-refractivity contribution is 7.26. The summed E-state index contributed by atoms with van der Waals surface area (Å²) in [6, 6.07) is 65.6. The summed E-state index contributed by atoms with van der Waals surface area (Å²) in [6.45, 7) is 0. The standard InChI is InChI=1S/C51H31N3OS/c1-4-14-32(15-5-1)33-24-26-36(27-25-33)50-52-49(35-18-8-3-9-19-35)53-51(54-50)42-29-37(30-44-47(42)39-20-10-12-22-43(39)55-44)38-28-41(34-16-6-2-7-17-34)48-40-21-11-13-23-45(40)56-46(48)31-38/h1-31H. The van der Waals surface area contributed by atoms with Crippen molar-refractivity contribution in [3.05, 3.63) is 188 Å². The molecule has 0 aliphatic rings. The molecule has 3 aromatic heterocycles. The van der Waals surface area contributed by atoms with Crippen LogP contribution in [0.2, 0.25) is 0 Å². The monoisotopic (exact) mass is 733 g/mol. The van der Waals surface area contributed by atoms with Crippen molar-refractivity contribution in [2.45, 2.75) is 0 Å². The van der Waals surface area contributed by atoms with Gasteiger partial charge in [-0.2, -0.15) is 0 Å². The van der Waals surface area contributed by atoms with Gasteiger partial charge in [-0.15, -0.1) is 11.3 Å². The molecule has 11 aromatic rings. The van der Waals surface area contributed by atoms with E-state index in [0.29, 0.717) is 17.5 Å². The molecule has 5 heteroatoms. The molecule has 0 saturated heterocycles. The van der Waals surface area contributed by atoms with Crippen LogP contribution in [0.1, 0.15) is 0 Å². The number of hydrogen-bond acceptors (Lipinski definition) is 5. The number of aromatic nitrogens is 3. The predicted octanol–water partition coefficient (Wildman–Crippen LogP) is 14.1. The Labute approximate surface area is 327 Å². The lowest BCUT2D eigenvalue weighted by molar-refractivity contribution is 0.669. The van der Waals surface area contributed by atoms with Crippen molar-refractivity contribution >= 4 is 53.4 Å². The van der Waals surface area contributed by atoms with Crippen LogP contribution < -0.4 is 0 Å². The molecule has 0 aliphatic heterocycles. The summed E-state index contributed by atoms with van der Waals surface area (Å²) in [4.78, 5) is 15.5. The Morgan fingerprint density at radius 1 is 0.321 bits per heavy atom. The molecule has 0 N–H and O–H groups in total. The zero-order valence-electron chi connectivity index (χ0n) is 30.1. The van der Waals surface area contributed by atoms with E-state index in [1.165, 1.54) is 31.3 Å². The fraction of sp³-hybridized carbons (Fsp3) is 0. The van der Waals surface area contributed by atoms with Gasteiger partial charge < -0.3 is 4.42 Å². The normalized spacial score (nSPS) is 11.6. The molecule has 8 aromatic carbocycles. The molecule has 0 bridgehead atoms. The average molecular weight is 734 g/mol. The van der Waals surface area contributed by atoms with Crippen LogP contribution in [0.3, 0.4) is 0 Å². The van der Waals surface area contributed by atoms with Crippen LogP contribution in [-0.2, 0) is 0 Å². The summed E-state index contributed by atoms with van der Waals surface area (Å²) >= 11 is 1.83. The number of hydrogen-bond donors (Lipinski definition) is 0. The maximum Gasteiger partial charge on any atom is 0.164 e. The van der Waals surface area contributed by atoms with Crippen molar-refractivity contribution in [1.82, 2.24) is 15.0 Å².